The lowest BCUT2D eigenvalue weighted by Gasteiger charge is -2.33. The predicted molar refractivity (Wildman–Crippen MR) is 65.5 cm³/mol. The molecule has 0 atom stereocenters. The van der Waals surface area contributed by atoms with Gasteiger partial charge in [0.15, 0.2) is 6.29 Å². The van der Waals surface area contributed by atoms with Gasteiger partial charge >= 0.3 is 0 Å². The van der Waals surface area contributed by atoms with Gasteiger partial charge in [-0.15, -0.1) is 0 Å². The SMILES string of the molecule is CNCCC1CCN(CC(OC)OC)CC1. The fourth-order valence-corrected chi connectivity index (χ4v) is 2.26. The maximum Gasteiger partial charge on any atom is 0.169 e. The molecule has 1 N–H and O–H groups in total. The third-order valence-corrected chi connectivity index (χ3v) is 3.44. The van der Waals surface area contributed by atoms with Gasteiger partial charge in [-0.3, -0.25) is 4.90 Å². The summed E-state index contributed by atoms with van der Waals surface area (Å²) in [5.74, 6) is 0.896. The molecule has 1 aliphatic rings. The minimum atomic E-state index is -0.0751. The molecule has 0 aromatic heterocycles. The highest BCUT2D eigenvalue weighted by Gasteiger charge is 2.20. The average Bonchev–Trinajstić information content (AvgIpc) is 2.35. The topological polar surface area (TPSA) is 33.7 Å². The molecule has 1 aliphatic heterocycles. The second kappa shape index (κ2) is 8.01. The number of ether oxygens (including phenoxy) is 2. The molecule has 1 rings (SSSR count). The van der Waals surface area contributed by atoms with Gasteiger partial charge in [0, 0.05) is 20.8 Å². The van der Waals surface area contributed by atoms with Gasteiger partial charge in [0.1, 0.15) is 0 Å². The van der Waals surface area contributed by atoms with E-state index in [1.165, 1.54) is 32.4 Å². The van der Waals surface area contributed by atoms with Crippen molar-refractivity contribution in [2.24, 2.45) is 5.92 Å². The summed E-state index contributed by atoms with van der Waals surface area (Å²) in [4.78, 5) is 2.44. The summed E-state index contributed by atoms with van der Waals surface area (Å²) in [6, 6.07) is 0. The van der Waals surface area contributed by atoms with Crippen LogP contribution >= 0.6 is 0 Å². The highest BCUT2D eigenvalue weighted by atomic mass is 16.7. The molecule has 1 saturated heterocycles. The van der Waals surface area contributed by atoms with Crippen molar-refractivity contribution in [1.29, 1.82) is 0 Å². The van der Waals surface area contributed by atoms with Gasteiger partial charge in [0.2, 0.25) is 0 Å². The number of rotatable bonds is 7. The zero-order valence-electron chi connectivity index (χ0n) is 10.9. The molecule has 96 valence electrons. The number of hydrogen-bond donors (Lipinski definition) is 1. The monoisotopic (exact) mass is 230 g/mol. The van der Waals surface area contributed by atoms with Crippen LogP contribution in [0.15, 0.2) is 0 Å². The highest BCUT2D eigenvalue weighted by Crippen LogP contribution is 2.20. The van der Waals surface area contributed by atoms with E-state index < -0.39 is 0 Å². The van der Waals surface area contributed by atoms with Crippen LogP contribution in [0.25, 0.3) is 0 Å². The summed E-state index contributed by atoms with van der Waals surface area (Å²) in [6.07, 6.45) is 3.85. The first-order valence-electron chi connectivity index (χ1n) is 6.22. The van der Waals surface area contributed by atoms with E-state index in [4.69, 9.17) is 9.47 Å². The number of nitrogens with zero attached hydrogens (tertiary/aromatic N) is 1. The van der Waals surface area contributed by atoms with Gasteiger partial charge in [-0.2, -0.15) is 0 Å². The lowest BCUT2D eigenvalue weighted by molar-refractivity contribution is -0.118. The molecule has 0 aromatic rings. The van der Waals surface area contributed by atoms with Crippen molar-refractivity contribution < 1.29 is 9.47 Å². The zero-order chi connectivity index (χ0) is 11.8. The van der Waals surface area contributed by atoms with Crippen LogP contribution in [0.3, 0.4) is 0 Å². The Bertz CT molecular complexity index is 166. The minimum absolute atomic E-state index is 0.0751. The molecule has 4 nitrogen and oxygen atoms in total. The summed E-state index contributed by atoms with van der Waals surface area (Å²) in [6.45, 7) is 4.39. The van der Waals surface area contributed by atoms with Gasteiger partial charge in [-0.1, -0.05) is 0 Å². The Morgan fingerprint density at radius 2 is 1.88 bits per heavy atom. The number of likely N-dealkylation sites (tertiary alicyclic amines) is 1. The highest BCUT2D eigenvalue weighted by molar-refractivity contribution is 4.73. The Balaban J connectivity index is 2.16. The van der Waals surface area contributed by atoms with Crippen molar-refractivity contribution >= 4 is 0 Å². The van der Waals surface area contributed by atoms with E-state index in [9.17, 15) is 0 Å². The van der Waals surface area contributed by atoms with E-state index in [1.807, 2.05) is 7.05 Å². The Morgan fingerprint density at radius 3 is 2.38 bits per heavy atom. The predicted octanol–water partition coefficient (Wildman–Crippen LogP) is 0.927. The van der Waals surface area contributed by atoms with Crippen molar-refractivity contribution in [3.05, 3.63) is 0 Å². The quantitative estimate of drug-likeness (QED) is 0.660. The van der Waals surface area contributed by atoms with Crippen molar-refractivity contribution in [3.8, 4) is 0 Å². The molecule has 1 fully saturated rings. The molecule has 0 spiro atoms. The Kier molecular flexibility index (Phi) is 6.96. The van der Waals surface area contributed by atoms with Crippen LogP contribution in [0.5, 0.6) is 0 Å². The summed E-state index contributed by atoms with van der Waals surface area (Å²) in [5.41, 5.74) is 0. The molecule has 16 heavy (non-hydrogen) atoms. The third-order valence-electron chi connectivity index (χ3n) is 3.44. The molecule has 1 heterocycles. The van der Waals surface area contributed by atoms with Crippen LogP contribution in [0, 0.1) is 5.92 Å². The van der Waals surface area contributed by atoms with Gasteiger partial charge in [-0.25, -0.2) is 0 Å². The van der Waals surface area contributed by atoms with Gasteiger partial charge in [-0.05, 0) is 51.9 Å². The fourth-order valence-electron chi connectivity index (χ4n) is 2.26. The van der Waals surface area contributed by atoms with E-state index in [0.717, 1.165) is 19.0 Å². The van der Waals surface area contributed by atoms with Crippen molar-refractivity contribution in [2.45, 2.75) is 25.6 Å². The van der Waals surface area contributed by atoms with Gasteiger partial charge in [0.05, 0.1) is 0 Å². The summed E-state index contributed by atoms with van der Waals surface area (Å²) in [7, 11) is 5.43. The van der Waals surface area contributed by atoms with Crippen molar-refractivity contribution in [2.75, 3.05) is 47.4 Å². The van der Waals surface area contributed by atoms with Gasteiger partial charge < -0.3 is 14.8 Å². The minimum Gasteiger partial charge on any atom is -0.355 e. The molecule has 0 aliphatic carbocycles. The summed E-state index contributed by atoms with van der Waals surface area (Å²) < 4.78 is 10.4. The molecule has 0 unspecified atom stereocenters. The maximum atomic E-state index is 5.22. The normalized spacial score (nSPS) is 19.5. The van der Waals surface area contributed by atoms with E-state index in [0.29, 0.717) is 0 Å². The number of nitrogens with one attached hydrogen (secondary N) is 1. The lowest BCUT2D eigenvalue weighted by atomic mass is 9.93. The maximum absolute atomic E-state index is 5.22. The number of piperidine rings is 1. The van der Waals surface area contributed by atoms with Crippen LogP contribution in [-0.4, -0.2) is 58.6 Å². The molecule has 0 bridgehead atoms. The summed E-state index contributed by atoms with van der Waals surface area (Å²) in [5, 5.41) is 3.22. The standard InChI is InChI=1S/C12H26N2O2/c1-13-7-4-11-5-8-14(9-6-11)10-12(15-2)16-3/h11-13H,4-10H2,1-3H3. The molecule has 0 aromatic carbocycles. The van der Waals surface area contributed by atoms with Gasteiger partial charge in [0.25, 0.3) is 0 Å². The first-order valence-corrected chi connectivity index (χ1v) is 6.22. The van der Waals surface area contributed by atoms with E-state index in [1.54, 1.807) is 14.2 Å². The number of methoxy groups -OCH3 is 2. The first kappa shape index (κ1) is 13.9. The molecule has 0 amide bonds. The second-order valence-corrected chi connectivity index (χ2v) is 4.54. The van der Waals surface area contributed by atoms with Crippen LogP contribution < -0.4 is 5.32 Å². The molecule has 4 heteroatoms. The Hall–Kier alpha value is -0.160. The molecule has 0 saturated carbocycles. The summed E-state index contributed by atoms with van der Waals surface area (Å²) >= 11 is 0. The molecular weight excluding hydrogens is 204 g/mol. The Labute approximate surface area is 99.3 Å². The van der Waals surface area contributed by atoms with Crippen LogP contribution in [-0.2, 0) is 9.47 Å². The third kappa shape index (κ3) is 4.78. The number of hydrogen-bond acceptors (Lipinski definition) is 4. The second-order valence-electron chi connectivity index (χ2n) is 4.54. The van der Waals surface area contributed by atoms with E-state index in [2.05, 4.69) is 10.2 Å². The fraction of sp³-hybridized carbons (Fsp3) is 1.00. The largest absolute Gasteiger partial charge is 0.355 e. The van der Waals surface area contributed by atoms with Crippen LogP contribution in [0.1, 0.15) is 19.3 Å². The van der Waals surface area contributed by atoms with Crippen molar-refractivity contribution in [3.63, 3.8) is 0 Å². The van der Waals surface area contributed by atoms with Crippen LogP contribution in [0.2, 0.25) is 0 Å². The Morgan fingerprint density at radius 1 is 1.25 bits per heavy atom. The van der Waals surface area contributed by atoms with E-state index >= 15 is 0 Å². The smallest absolute Gasteiger partial charge is 0.169 e. The van der Waals surface area contributed by atoms with Crippen LogP contribution in [0.4, 0.5) is 0 Å². The molecule has 0 radical (unpaired) electrons. The lowest BCUT2D eigenvalue weighted by Crippen LogP contribution is -2.40. The van der Waals surface area contributed by atoms with Crippen molar-refractivity contribution in [1.82, 2.24) is 10.2 Å². The van der Waals surface area contributed by atoms with E-state index in [-0.39, 0.29) is 6.29 Å². The zero-order valence-corrected chi connectivity index (χ0v) is 10.9. The molecular formula is C12H26N2O2. The first-order chi connectivity index (χ1) is 7.80. The average molecular weight is 230 g/mol.